The summed E-state index contributed by atoms with van der Waals surface area (Å²) in [5.41, 5.74) is 1.02. The van der Waals surface area contributed by atoms with Crippen molar-refractivity contribution in [1.82, 2.24) is 5.32 Å². The second kappa shape index (κ2) is 6.27. The fourth-order valence-electron chi connectivity index (χ4n) is 1.01. The number of nitrogens with one attached hydrogen (secondary N) is 2. The van der Waals surface area contributed by atoms with Crippen LogP contribution in [0.1, 0.15) is 13.8 Å². The van der Waals surface area contributed by atoms with Crippen LogP contribution in [-0.2, 0) is 0 Å². The van der Waals surface area contributed by atoms with Crippen molar-refractivity contribution in [3.63, 3.8) is 0 Å². The highest BCUT2D eigenvalue weighted by molar-refractivity contribution is 14.1. The molecular weight excluding hydrogens is 319 g/mol. The first-order chi connectivity index (χ1) is 7.08. The predicted octanol–water partition coefficient (Wildman–Crippen LogP) is 3.23. The van der Waals surface area contributed by atoms with E-state index in [9.17, 15) is 0 Å². The zero-order valence-electron chi connectivity index (χ0n) is 8.88. The van der Waals surface area contributed by atoms with Gasteiger partial charge in [0.2, 0.25) is 0 Å². The van der Waals surface area contributed by atoms with E-state index in [4.69, 9.17) is 12.2 Å². The molecule has 0 aliphatic rings. The smallest absolute Gasteiger partial charge is 0.170 e. The molecule has 1 aromatic carbocycles. The van der Waals surface area contributed by atoms with E-state index in [-0.39, 0.29) is 0 Å². The minimum Gasteiger partial charge on any atom is -0.362 e. The first-order valence-electron chi connectivity index (χ1n) is 4.88. The summed E-state index contributed by atoms with van der Waals surface area (Å²) in [6.07, 6.45) is 0. The van der Waals surface area contributed by atoms with Crippen molar-refractivity contribution < 1.29 is 0 Å². The van der Waals surface area contributed by atoms with Crippen LogP contribution in [0.5, 0.6) is 0 Å². The first-order valence-corrected chi connectivity index (χ1v) is 6.37. The Morgan fingerprint density at radius 3 is 2.47 bits per heavy atom. The van der Waals surface area contributed by atoms with Crippen LogP contribution in [-0.4, -0.2) is 11.7 Å². The summed E-state index contributed by atoms with van der Waals surface area (Å²) in [7, 11) is 0. The van der Waals surface area contributed by atoms with Gasteiger partial charge in [0, 0.05) is 15.8 Å². The number of thiocarbonyl (C=S) groups is 1. The summed E-state index contributed by atoms with van der Waals surface area (Å²) in [5.74, 6) is 0.599. The van der Waals surface area contributed by atoms with Crippen molar-refractivity contribution in [3.8, 4) is 0 Å². The fraction of sp³-hybridized carbons (Fsp3) is 0.364. The molecule has 4 heteroatoms. The van der Waals surface area contributed by atoms with Gasteiger partial charge in [-0.15, -0.1) is 0 Å². The number of hydrogen-bond acceptors (Lipinski definition) is 1. The third kappa shape index (κ3) is 5.32. The monoisotopic (exact) mass is 334 g/mol. The fourth-order valence-corrected chi connectivity index (χ4v) is 1.57. The topological polar surface area (TPSA) is 24.1 Å². The lowest BCUT2D eigenvalue weighted by Crippen LogP contribution is -2.31. The quantitative estimate of drug-likeness (QED) is 0.656. The average molecular weight is 334 g/mol. The Hall–Kier alpha value is -0.360. The lowest BCUT2D eigenvalue weighted by Gasteiger charge is -2.12. The normalized spacial score (nSPS) is 10.1. The summed E-state index contributed by atoms with van der Waals surface area (Å²) < 4.78 is 1.22. The van der Waals surface area contributed by atoms with Gasteiger partial charge in [0.25, 0.3) is 0 Å². The molecule has 0 amide bonds. The number of benzene rings is 1. The molecular formula is C11H15IN2S. The van der Waals surface area contributed by atoms with Crippen molar-refractivity contribution in [2.45, 2.75) is 13.8 Å². The maximum absolute atomic E-state index is 5.16. The summed E-state index contributed by atoms with van der Waals surface area (Å²) in [4.78, 5) is 0. The van der Waals surface area contributed by atoms with Crippen molar-refractivity contribution in [1.29, 1.82) is 0 Å². The van der Waals surface area contributed by atoms with Gasteiger partial charge < -0.3 is 10.6 Å². The molecule has 82 valence electrons. The van der Waals surface area contributed by atoms with E-state index in [0.717, 1.165) is 12.2 Å². The van der Waals surface area contributed by atoms with E-state index in [0.29, 0.717) is 11.0 Å². The molecule has 2 nitrogen and oxygen atoms in total. The van der Waals surface area contributed by atoms with Crippen LogP contribution in [0.2, 0.25) is 0 Å². The van der Waals surface area contributed by atoms with Gasteiger partial charge >= 0.3 is 0 Å². The molecule has 1 aromatic rings. The van der Waals surface area contributed by atoms with E-state index in [1.807, 2.05) is 24.3 Å². The Kier molecular flexibility index (Phi) is 5.31. The summed E-state index contributed by atoms with van der Waals surface area (Å²) >= 11 is 7.44. The van der Waals surface area contributed by atoms with Gasteiger partial charge in [0.1, 0.15) is 0 Å². The van der Waals surface area contributed by atoms with Gasteiger partial charge in [-0.2, -0.15) is 0 Å². The largest absolute Gasteiger partial charge is 0.362 e. The van der Waals surface area contributed by atoms with Gasteiger partial charge in [-0.3, -0.25) is 0 Å². The number of anilines is 1. The maximum atomic E-state index is 5.16. The van der Waals surface area contributed by atoms with E-state index in [1.165, 1.54) is 3.57 Å². The highest BCUT2D eigenvalue weighted by atomic mass is 127. The molecule has 0 aliphatic carbocycles. The SMILES string of the molecule is CC(C)CNC(=S)Nc1ccc(I)cc1. The lowest BCUT2D eigenvalue weighted by atomic mass is 10.2. The third-order valence-corrected chi connectivity index (χ3v) is 2.74. The van der Waals surface area contributed by atoms with Crippen molar-refractivity contribution in [3.05, 3.63) is 27.8 Å². The summed E-state index contributed by atoms with van der Waals surface area (Å²) in [6, 6.07) is 8.14. The molecule has 0 saturated heterocycles. The van der Waals surface area contributed by atoms with Crippen molar-refractivity contribution >= 4 is 45.6 Å². The number of halogens is 1. The van der Waals surface area contributed by atoms with Crippen LogP contribution in [0, 0.1) is 9.49 Å². The molecule has 15 heavy (non-hydrogen) atoms. The Morgan fingerprint density at radius 1 is 1.33 bits per heavy atom. The first kappa shape index (κ1) is 12.7. The molecule has 0 radical (unpaired) electrons. The van der Waals surface area contributed by atoms with Crippen LogP contribution in [0.25, 0.3) is 0 Å². The van der Waals surface area contributed by atoms with Gasteiger partial charge in [-0.05, 0) is 65.0 Å². The second-order valence-electron chi connectivity index (χ2n) is 3.74. The Bertz CT molecular complexity index is 322. The lowest BCUT2D eigenvalue weighted by molar-refractivity contribution is 0.627. The Balaban J connectivity index is 2.41. The van der Waals surface area contributed by atoms with E-state index < -0.39 is 0 Å². The zero-order chi connectivity index (χ0) is 11.3. The van der Waals surface area contributed by atoms with Gasteiger partial charge in [-0.25, -0.2) is 0 Å². The van der Waals surface area contributed by atoms with Crippen LogP contribution >= 0.6 is 34.8 Å². The summed E-state index contributed by atoms with van der Waals surface area (Å²) in [6.45, 7) is 5.21. The molecule has 0 aliphatic heterocycles. The molecule has 0 fully saturated rings. The van der Waals surface area contributed by atoms with Crippen LogP contribution < -0.4 is 10.6 Å². The molecule has 0 aromatic heterocycles. The van der Waals surface area contributed by atoms with Crippen LogP contribution in [0.3, 0.4) is 0 Å². The number of rotatable bonds is 3. The highest BCUT2D eigenvalue weighted by Gasteiger charge is 1.98. The molecule has 1 rings (SSSR count). The van der Waals surface area contributed by atoms with Crippen LogP contribution in [0.4, 0.5) is 5.69 Å². The molecule has 0 spiro atoms. The van der Waals surface area contributed by atoms with Crippen molar-refractivity contribution in [2.75, 3.05) is 11.9 Å². The Morgan fingerprint density at radius 2 is 1.93 bits per heavy atom. The van der Waals surface area contributed by atoms with E-state index in [2.05, 4.69) is 47.1 Å². The average Bonchev–Trinajstić information content (AvgIpc) is 2.19. The highest BCUT2D eigenvalue weighted by Crippen LogP contribution is 2.10. The van der Waals surface area contributed by atoms with E-state index in [1.54, 1.807) is 0 Å². The van der Waals surface area contributed by atoms with Gasteiger partial charge in [0.05, 0.1) is 0 Å². The minimum absolute atomic E-state index is 0.599. The predicted molar refractivity (Wildman–Crippen MR) is 78.2 cm³/mol. The molecule has 2 N–H and O–H groups in total. The minimum atomic E-state index is 0.599. The Labute approximate surface area is 110 Å². The molecule has 0 heterocycles. The van der Waals surface area contributed by atoms with Gasteiger partial charge in [0.15, 0.2) is 5.11 Å². The second-order valence-corrected chi connectivity index (χ2v) is 5.39. The maximum Gasteiger partial charge on any atom is 0.170 e. The van der Waals surface area contributed by atoms with E-state index >= 15 is 0 Å². The number of hydrogen-bond donors (Lipinski definition) is 2. The standard InChI is InChI=1S/C11H15IN2S/c1-8(2)7-13-11(15)14-10-5-3-9(12)4-6-10/h3-6,8H,7H2,1-2H3,(H2,13,14,15). The van der Waals surface area contributed by atoms with Gasteiger partial charge in [-0.1, -0.05) is 13.8 Å². The van der Waals surface area contributed by atoms with Crippen LogP contribution in [0.15, 0.2) is 24.3 Å². The third-order valence-electron chi connectivity index (χ3n) is 1.77. The molecule has 0 saturated carbocycles. The molecule has 0 atom stereocenters. The summed E-state index contributed by atoms with van der Waals surface area (Å²) in [5, 5.41) is 6.99. The molecule has 0 bridgehead atoms. The molecule has 0 unspecified atom stereocenters. The zero-order valence-corrected chi connectivity index (χ0v) is 11.9. The van der Waals surface area contributed by atoms with Crippen molar-refractivity contribution in [2.24, 2.45) is 5.92 Å².